The molecule has 0 radical (unpaired) electrons. The van der Waals surface area contributed by atoms with Crippen LogP contribution in [0.25, 0.3) is 0 Å². The van der Waals surface area contributed by atoms with E-state index in [1.807, 2.05) is 0 Å². The molecule has 0 saturated heterocycles. The molecule has 10 heteroatoms. The molecule has 1 rings (SSSR count). The molecule has 144 valence electrons. The minimum absolute atomic E-state index is 0.00294. The van der Waals surface area contributed by atoms with Crippen molar-refractivity contribution < 1.29 is 37.4 Å². The number of likely N-dealkylation sites (N-methyl/N-ethyl adjacent to an activating group) is 2. The van der Waals surface area contributed by atoms with Crippen LogP contribution in [-0.2, 0) is 14.3 Å². The van der Waals surface area contributed by atoms with Crippen LogP contribution in [0.5, 0.6) is 11.5 Å². The Kier molecular flexibility index (Phi) is 8.26. The second-order valence-corrected chi connectivity index (χ2v) is 4.97. The van der Waals surface area contributed by atoms with Crippen LogP contribution < -0.4 is 14.8 Å². The van der Waals surface area contributed by atoms with Gasteiger partial charge in [0.15, 0.2) is 18.1 Å². The first-order chi connectivity index (χ1) is 12.3. The van der Waals surface area contributed by atoms with Gasteiger partial charge in [-0.1, -0.05) is 0 Å². The van der Waals surface area contributed by atoms with Crippen LogP contribution in [0.1, 0.15) is 17.3 Å². The van der Waals surface area contributed by atoms with E-state index in [1.54, 1.807) is 6.92 Å². The molecule has 1 N–H and O–H groups in total. The first-order valence-electron chi connectivity index (χ1n) is 7.61. The molecule has 0 spiro atoms. The number of esters is 1. The molecule has 0 saturated carbocycles. The Balaban J connectivity index is 2.73. The Hall–Kier alpha value is -2.91. The molecule has 0 aliphatic carbocycles. The number of alkyl halides is 2. The molecular formula is C16H20F2N2O6. The van der Waals surface area contributed by atoms with Crippen molar-refractivity contribution in [3.8, 4) is 11.5 Å². The summed E-state index contributed by atoms with van der Waals surface area (Å²) in [7, 11) is 2.81. The number of carbonyl (C=O) groups is 3. The van der Waals surface area contributed by atoms with Crippen molar-refractivity contribution in [1.82, 2.24) is 10.2 Å². The Bertz CT molecular complexity index is 654. The number of carbonyl (C=O) groups excluding carboxylic acids is 3. The van der Waals surface area contributed by atoms with Crippen LogP contribution >= 0.6 is 0 Å². The largest absolute Gasteiger partial charge is 0.490 e. The number of nitrogens with zero attached hydrogens (tertiary/aromatic N) is 1. The maximum absolute atomic E-state index is 12.4. The van der Waals surface area contributed by atoms with Gasteiger partial charge in [0.25, 0.3) is 5.91 Å². The lowest BCUT2D eigenvalue weighted by Gasteiger charge is -2.16. The molecule has 0 bridgehead atoms. The summed E-state index contributed by atoms with van der Waals surface area (Å²) in [6, 6.07) is 3.54. The van der Waals surface area contributed by atoms with Crippen molar-refractivity contribution in [2.75, 3.05) is 33.9 Å². The predicted octanol–water partition coefficient (Wildman–Crippen LogP) is 1.05. The number of benzene rings is 1. The molecule has 0 unspecified atom stereocenters. The van der Waals surface area contributed by atoms with E-state index in [-0.39, 0.29) is 36.1 Å². The summed E-state index contributed by atoms with van der Waals surface area (Å²) in [6.45, 7) is -1.99. The van der Waals surface area contributed by atoms with Gasteiger partial charge in [-0.15, -0.1) is 0 Å². The summed E-state index contributed by atoms with van der Waals surface area (Å²) in [6.07, 6.45) is 0. The summed E-state index contributed by atoms with van der Waals surface area (Å²) in [4.78, 5) is 36.1. The third-order valence-electron chi connectivity index (χ3n) is 3.11. The van der Waals surface area contributed by atoms with E-state index in [2.05, 4.69) is 10.1 Å². The Labute approximate surface area is 149 Å². The highest BCUT2D eigenvalue weighted by Gasteiger charge is 2.18. The zero-order chi connectivity index (χ0) is 19.7. The highest BCUT2D eigenvalue weighted by Crippen LogP contribution is 2.30. The normalized spacial score (nSPS) is 10.2. The number of hydrogen-bond donors (Lipinski definition) is 1. The molecule has 0 heterocycles. The van der Waals surface area contributed by atoms with Crippen LogP contribution in [0.15, 0.2) is 18.2 Å². The van der Waals surface area contributed by atoms with E-state index in [9.17, 15) is 23.2 Å². The predicted molar refractivity (Wildman–Crippen MR) is 86.2 cm³/mol. The summed E-state index contributed by atoms with van der Waals surface area (Å²) in [5.74, 6) is -2.07. The Morgan fingerprint density at radius 3 is 2.50 bits per heavy atom. The lowest BCUT2D eigenvalue weighted by atomic mass is 10.2. The summed E-state index contributed by atoms with van der Waals surface area (Å²) >= 11 is 0. The van der Waals surface area contributed by atoms with E-state index in [0.29, 0.717) is 0 Å². The molecule has 8 nitrogen and oxygen atoms in total. The van der Waals surface area contributed by atoms with E-state index in [1.165, 1.54) is 26.2 Å². The molecule has 1 aromatic carbocycles. The fourth-order valence-electron chi connectivity index (χ4n) is 1.80. The lowest BCUT2D eigenvalue weighted by Crippen LogP contribution is -2.39. The standard InChI is InChI=1S/C16H20F2N2O6/c1-4-24-12-7-10(5-6-11(12)26-16(17)18)15(23)25-9-14(22)20(3)8-13(21)19-2/h5-7,16H,4,8-9H2,1-3H3,(H,19,21). The van der Waals surface area contributed by atoms with Crippen molar-refractivity contribution in [1.29, 1.82) is 0 Å². The Morgan fingerprint density at radius 2 is 1.92 bits per heavy atom. The van der Waals surface area contributed by atoms with E-state index >= 15 is 0 Å². The van der Waals surface area contributed by atoms with Crippen molar-refractivity contribution >= 4 is 17.8 Å². The fourth-order valence-corrected chi connectivity index (χ4v) is 1.80. The first kappa shape index (κ1) is 21.1. The lowest BCUT2D eigenvalue weighted by molar-refractivity contribution is -0.137. The molecule has 0 fully saturated rings. The second-order valence-electron chi connectivity index (χ2n) is 4.97. The highest BCUT2D eigenvalue weighted by molar-refractivity contribution is 5.92. The van der Waals surface area contributed by atoms with Crippen LogP contribution in [0.3, 0.4) is 0 Å². The minimum Gasteiger partial charge on any atom is -0.490 e. The van der Waals surface area contributed by atoms with Crippen LogP contribution in [0, 0.1) is 0 Å². The number of nitrogens with one attached hydrogen (secondary N) is 1. The number of ether oxygens (including phenoxy) is 3. The van der Waals surface area contributed by atoms with Crippen molar-refractivity contribution in [3.63, 3.8) is 0 Å². The van der Waals surface area contributed by atoms with Gasteiger partial charge in [0.05, 0.1) is 18.7 Å². The van der Waals surface area contributed by atoms with Crippen molar-refractivity contribution in [3.05, 3.63) is 23.8 Å². The average Bonchev–Trinajstić information content (AvgIpc) is 2.60. The third kappa shape index (κ3) is 6.54. The quantitative estimate of drug-likeness (QED) is 0.650. The van der Waals surface area contributed by atoms with Crippen molar-refractivity contribution in [2.45, 2.75) is 13.5 Å². The first-order valence-corrected chi connectivity index (χ1v) is 7.61. The molecule has 0 aliphatic rings. The molecular weight excluding hydrogens is 354 g/mol. The molecule has 2 amide bonds. The number of halogens is 2. The van der Waals surface area contributed by atoms with Crippen LogP contribution in [0.4, 0.5) is 8.78 Å². The van der Waals surface area contributed by atoms with Gasteiger partial charge in [-0.25, -0.2) is 4.79 Å². The van der Waals surface area contributed by atoms with Crippen LogP contribution in [-0.4, -0.2) is 63.1 Å². The number of hydrogen-bond acceptors (Lipinski definition) is 6. The maximum Gasteiger partial charge on any atom is 0.387 e. The summed E-state index contributed by atoms with van der Waals surface area (Å²) in [5.41, 5.74) is -0.00294. The zero-order valence-corrected chi connectivity index (χ0v) is 14.6. The average molecular weight is 374 g/mol. The third-order valence-corrected chi connectivity index (χ3v) is 3.11. The molecule has 26 heavy (non-hydrogen) atoms. The second kappa shape index (κ2) is 10.2. The van der Waals surface area contributed by atoms with Gasteiger partial charge in [0.1, 0.15) is 0 Å². The maximum atomic E-state index is 12.4. The van der Waals surface area contributed by atoms with Gasteiger partial charge >= 0.3 is 12.6 Å². The van der Waals surface area contributed by atoms with Gasteiger partial charge in [0.2, 0.25) is 5.91 Å². The number of amides is 2. The number of rotatable bonds is 9. The van der Waals surface area contributed by atoms with Gasteiger partial charge in [-0.3, -0.25) is 9.59 Å². The smallest absolute Gasteiger partial charge is 0.387 e. The molecule has 0 aliphatic heterocycles. The zero-order valence-electron chi connectivity index (χ0n) is 14.6. The minimum atomic E-state index is -3.04. The molecule has 1 aromatic rings. The topological polar surface area (TPSA) is 94.2 Å². The van der Waals surface area contributed by atoms with Crippen molar-refractivity contribution in [2.24, 2.45) is 0 Å². The SMILES string of the molecule is CCOc1cc(C(=O)OCC(=O)N(C)CC(=O)NC)ccc1OC(F)F. The van der Waals surface area contributed by atoms with E-state index in [4.69, 9.17) is 9.47 Å². The summed E-state index contributed by atoms with van der Waals surface area (Å²) < 4.78 is 39.1. The fraction of sp³-hybridized carbons (Fsp3) is 0.438. The monoisotopic (exact) mass is 374 g/mol. The summed E-state index contributed by atoms with van der Waals surface area (Å²) in [5, 5.41) is 2.36. The van der Waals surface area contributed by atoms with Crippen LogP contribution in [0.2, 0.25) is 0 Å². The van der Waals surface area contributed by atoms with Gasteiger partial charge in [-0.2, -0.15) is 8.78 Å². The van der Waals surface area contributed by atoms with E-state index in [0.717, 1.165) is 11.0 Å². The van der Waals surface area contributed by atoms with E-state index < -0.39 is 25.1 Å². The Morgan fingerprint density at radius 1 is 1.23 bits per heavy atom. The highest BCUT2D eigenvalue weighted by atomic mass is 19.3. The molecule has 0 aromatic heterocycles. The van der Waals surface area contributed by atoms with Gasteiger partial charge in [0, 0.05) is 14.1 Å². The molecule has 0 atom stereocenters. The van der Waals surface area contributed by atoms with Gasteiger partial charge in [-0.05, 0) is 25.1 Å². The van der Waals surface area contributed by atoms with Gasteiger partial charge < -0.3 is 24.4 Å².